The fraction of sp³-hybridized carbons (Fsp3) is 0.370. The number of rotatable bonds is 4. The van der Waals surface area contributed by atoms with Crippen LogP contribution in [0.3, 0.4) is 0 Å². The number of imide groups is 1. The summed E-state index contributed by atoms with van der Waals surface area (Å²) >= 11 is 0. The summed E-state index contributed by atoms with van der Waals surface area (Å²) in [6, 6.07) is 8.48. The number of hydrogen-bond acceptors (Lipinski definition) is 3. The minimum atomic E-state index is -0.284. The van der Waals surface area contributed by atoms with Gasteiger partial charge in [-0.15, -0.1) is 0 Å². The lowest BCUT2D eigenvalue weighted by Crippen LogP contribution is -2.34. The second kappa shape index (κ2) is 7.30. The zero-order chi connectivity index (χ0) is 22.6. The first-order valence-corrected chi connectivity index (χ1v) is 10.8. The van der Waals surface area contributed by atoms with Crippen LogP contribution in [0.1, 0.15) is 74.0 Å². The number of aryl methyl sites for hydroxylation is 1. The Morgan fingerprint density at radius 2 is 1.58 bits per heavy atom. The molecule has 4 heteroatoms. The molecule has 0 N–H and O–H groups in total. The monoisotopic (exact) mass is 414 g/mol. The van der Waals surface area contributed by atoms with Gasteiger partial charge in [0.05, 0.1) is 12.2 Å². The van der Waals surface area contributed by atoms with Crippen LogP contribution in [-0.4, -0.2) is 21.7 Å². The molecule has 31 heavy (non-hydrogen) atoms. The summed E-state index contributed by atoms with van der Waals surface area (Å²) in [7, 11) is 0. The minimum absolute atomic E-state index is 0.133. The van der Waals surface area contributed by atoms with Crippen molar-refractivity contribution in [1.82, 2.24) is 9.88 Å². The Bertz CT molecular complexity index is 1100. The van der Waals surface area contributed by atoms with Crippen LogP contribution in [0, 0.1) is 6.92 Å². The lowest BCUT2D eigenvalue weighted by molar-refractivity contribution is -0.137. The molecular weight excluding hydrogens is 384 g/mol. The number of carbonyl (C=O) groups excluding carboxylic acids is 2. The fourth-order valence-corrected chi connectivity index (χ4v) is 4.65. The van der Waals surface area contributed by atoms with E-state index >= 15 is 0 Å². The van der Waals surface area contributed by atoms with E-state index in [2.05, 4.69) is 58.3 Å². The van der Waals surface area contributed by atoms with Crippen LogP contribution in [0.2, 0.25) is 0 Å². The van der Waals surface area contributed by atoms with Crippen LogP contribution in [0.25, 0.3) is 5.57 Å². The van der Waals surface area contributed by atoms with Crippen LogP contribution in [-0.2, 0) is 27.0 Å². The van der Waals surface area contributed by atoms with Gasteiger partial charge in [-0.3, -0.25) is 19.5 Å². The van der Waals surface area contributed by atoms with Crippen LogP contribution in [0.5, 0.6) is 0 Å². The lowest BCUT2D eigenvalue weighted by Gasteiger charge is -2.42. The van der Waals surface area contributed by atoms with Crippen LogP contribution < -0.4 is 0 Å². The van der Waals surface area contributed by atoms with Crippen molar-refractivity contribution in [3.05, 3.63) is 82.7 Å². The summed E-state index contributed by atoms with van der Waals surface area (Å²) in [4.78, 5) is 29.4. The van der Waals surface area contributed by atoms with Crippen molar-refractivity contribution in [1.29, 1.82) is 0 Å². The normalized spacial score (nSPS) is 18.9. The van der Waals surface area contributed by atoms with E-state index in [4.69, 9.17) is 0 Å². The zero-order valence-corrected chi connectivity index (χ0v) is 19.1. The third-order valence-corrected chi connectivity index (χ3v) is 6.90. The van der Waals surface area contributed by atoms with E-state index in [0.717, 1.165) is 28.8 Å². The van der Waals surface area contributed by atoms with Gasteiger partial charge in [-0.1, -0.05) is 46.4 Å². The molecule has 2 amide bonds. The number of hydrogen-bond donors (Lipinski definition) is 0. The maximum Gasteiger partial charge on any atom is 0.253 e. The standard InChI is InChI=1S/C27H30N2O2/c1-17-13-21-22(27(5,6)12-11-26(21,3)4)14-20(17)18(2)23-8-7-19(15-28-23)16-29-24(30)9-10-25(29)31/h7-10,13-15H,2,11-12,16H2,1,3-6H3. The molecule has 1 aromatic carbocycles. The van der Waals surface area contributed by atoms with E-state index in [1.54, 1.807) is 6.20 Å². The second-order valence-corrected chi connectivity index (χ2v) is 10.1. The molecule has 1 aliphatic carbocycles. The Morgan fingerprint density at radius 1 is 1.00 bits per heavy atom. The Kier molecular flexibility index (Phi) is 5.00. The van der Waals surface area contributed by atoms with Crippen molar-refractivity contribution in [2.45, 2.75) is 64.8 Å². The fourth-order valence-electron chi connectivity index (χ4n) is 4.65. The van der Waals surface area contributed by atoms with Gasteiger partial charge in [0, 0.05) is 23.9 Å². The van der Waals surface area contributed by atoms with Crippen molar-refractivity contribution in [2.75, 3.05) is 0 Å². The first kappa shape index (κ1) is 21.2. The number of amides is 2. The maximum atomic E-state index is 11.8. The maximum absolute atomic E-state index is 11.8. The topological polar surface area (TPSA) is 50.3 Å². The molecule has 2 aliphatic rings. The third kappa shape index (κ3) is 3.76. The molecule has 4 nitrogen and oxygen atoms in total. The summed E-state index contributed by atoms with van der Waals surface area (Å²) in [6.07, 6.45) is 6.67. The van der Waals surface area contributed by atoms with Gasteiger partial charge in [0.15, 0.2) is 0 Å². The Balaban J connectivity index is 1.63. The van der Waals surface area contributed by atoms with Crippen LogP contribution in [0.4, 0.5) is 0 Å². The summed E-state index contributed by atoms with van der Waals surface area (Å²) in [5.74, 6) is -0.567. The molecule has 1 aliphatic heterocycles. The van der Waals surface area contributed by atoms with Gasteiger partial charge < -0.3 is 0 Å². The average Bonchev–Trinajstić information content (AvgIpc) is 3.03. The van der Waals surface area contributed by atoms with Crippen molar-refractivity contribution >= 4 is 17.4 Å². The number of nitrogens with zero attached hydrogens (tertiary/aromatic N) is 2. The molecule has 1 aromatic heterocycles. The van der Waals surface area contributed by atoms with Gasteiger partial charge in [0.1, 0.15) is 0 Å². The summed E-state index contributed by atoms with van der Waals surface area (Å²) < 4.78 is 0. The second-order valence-electron chi connectivity index (χ2n) is 10.1. The van der Waals surface area contributed by atoms with Gasteiger partial charge in [0.2, 0.25) is 0 Å². The molecule has 0 radical (unpaired) electrons. The summed E-state index contributed by atoms with van der Waals surface area (Å²) in [6.45, 7) is 16.0. The van der Waals surface area contributed by atoms with Gasteiger partial charge in [0.25, 0.3) is 11.8 Å². The quantitative estimate of drug-likeness (QED) is 0.644. The van der Waals surface area contributed by atoms with E-state index in [9.17, 15) is 9.59 Å². The summed E-state index contributed by atoms with van der Waals surface area (Å²) in [5, 5.41) is 0. The molecule has 2 heterocycles. The molecule has 4 rings (SSSR count). The van der Waals surface area contributed by atoms with E-state index in [-0.39, 0.29) is 29.2 Å². The summed E-state index contributed by atoms with van der Waals surface area (Å²) in [5.41, 5.74) is 7.99. The van der Waals surface area contributed by atoms with Crippen LogP contribution >= 0.6 is 0 Å². The van der Waals surface area contributed by atoms with Gasteiger partial charge in [-0.05, 0) is 70.5 Å². The highest BCUT2D eigenvalue weighted by Crippen LogP contribution is 2.47. The molecular formula is C27H30N2O2. The molecule has 0 saturated heterocycles. The largest absolute Gasteiger partial charge is 0.271 e. The first-order valence-electron chi connectivity index (χ1n) is 10.8. The zero-order valence-electron chi connectivity index (χ0n) is 19.1. The number of fused-ring (bicyclic) bond motifs is 1. The van der Waals surface area contributed by atoms with Crippen molar-refractivity contribution in [2.24, 2.45) is 0 Å². The smallest absolute Gasteiger partial charge is 0.253 e. The van der Waals surface area contributed by atoms with E-state index in [1.165, 1.54) is 40.2 Å². The van der Waals surface area contributed by atoms with Gasteiger partial charge in [-0.2, -0.15) is 0 Å². The highest BCUT2D eigenvalue weighted by atomic mass is 16.2. The van der Waals surface area contributed by atoms with E-state index in [0.29, 0.717) is 0 Å². The molecule has 0 fully saturated rings. The highest BCUT2D eigenvalue weighted by molar-refractivity contribution is 6.12. The first-order chi connectivity index (χ1) is 14.5. The Labute approximate surface area is 184 Å². The number of carbonyl (C=O) groups is 2. The Morgan fingerprint density at radius 3 is 2.13 bits per heavy atom. The minimum Gasteiger partial charge on any atom is -0.271 e. The predicted octanol–water partition coefficient (Wildman–Crippen LogP) is 5.23. The van der Waals surface area contributed by atoms with E-state index < -0.39 is 0 Å². The van der Waals surface area contributed by atoms with Crippen molar-refractivity contribution in [3.63, 3.8) is 0 Å². The van der Waals surface area contributed by atoms with E-state index in [1.807, 2.05) is 12.1 Å². The molecule has 0 bridgehead atoms. The van der Waals surface area contributed by atoms with Gasteiger partial charge in [-0.25, -0.2) is 0 Å². The molecule has 0 unspecified atom stereocenters. The van der Waals surface area contributed by atoms with Crippen molar-refractivity contribution < 1.29 is 9.59 Å². The molecule has 2 aromatic rings. The number of aromatic nitrogens is 1. The average molecular weight is 415 g/mol. The third-order valence-electron chi connectivity index (χ3n) is 6.90. The molecule has 160 valence electrons. The highest BCUT2D eigenvalue weighted by Gasteiger charge is 2.37. The van der Waals surface area contributed by atoms with Crippen LogP contribution in [0.15, 0.2) is 49.2 Å². The number of pyridine rings is 1. The van der Waals surface area contributed by atoms with Gasteiger partial charge >= 0.3 is 0 Å². The molecule has 0 saturated carbocycles. The lowest BCUT2D eigenvalue weighted by atomic mass is 9.62. The predicted molar refractivity (Wildman–Crippen MR) is 124 cm³/mol. The Hall–Kier alpha value is -3.01. The molecule has 0 spiro atoms. The van der Waals surface area contributed by atoms with Crippen molar-refractivity contribution in [3.8, 4) is 0 Å². The number of benzene rings is 1. The SMILES string of the molecule is C=C(c1ccc(CN2C(=O)C=CC2=O)cn1)c1cc2c(cc1C)C(C)(C)CCC2(C)C. The molecule has 0 atom stereocenters.